The predicted molar refractivity (Wildman–Crippen MR) is 67.4 cm³/mol. The maximum atomic E-state index is 11.7. The Labute approximate surface area is 105 Å². The van der Waals surface area contributed by atoms with Gasteiger partial charge in [0.05, 0.1) is 6.54 Å². The van der Waals surface area contributed by atoms with Gasteiger partial charge in [-0.1, -0.05) is 13.0 Å². The number of rotatable bonds is 6. The molecule has 0 fully saturated rings. The molecule has 0 saturated carbocycles. The van der Waals surface area contributed by atoms with E-state index in [1.54, 1.807) is 11.4 Å². The monoisotopic (exact) mass is 276 g/mol. The van der Waals surface area contributed by atoms with E-state index in [-0.39, 0.29) is 22.7 Å². The van der Waals surface area contributed by atoms with Crippen LogP contribution in [-0.4, -0.2) is 26.9 Å². The third-order valence-electron chi connectivity index (χ3n) is 2.20. The Bertz CT molecular complexity index is 454. The van der Waals surface area contributed by atoms with Gasteiger partial charge in [-0.3, -0.25) is 4.79 Å². The molecular weight excluding hydrogens is 260 g/mol. The molecule has 0 spiro atoms. The van der Waals surface area contributed by atoms with Crippen molar-refractivity contribution in [1.29, 1.82) is 0 Å². The first-order valence-electron chi connectivity index (χ1n) is 5.28. The number of carbonyl (C=O) groups excluding carboxylic acids is 1. The first-order valence-corrected chi connectivity index (χ1v) is 7.64. The summed E-state index contributed by atoms with van der Waals surface area (Å²) in [7, 11) is -3.55. The van der Waals surface area contributed by atoms with Gasteiger partial charge in [0.1, 0.15) is 4.21 Å². The van der Waals surface area contributed by atoms with Crippen LogP contribution in [0.3, 0.4) is 0 Å². The lowest BCUT2D eigenvalue weighted by Gasteiger charge is -2.11. The highest BCUT2D eigenvalue weighted by molar-refractivity contribution is 7.91. The van der Waals surface area contributed by atoms with Gasteiger partial charge in [0.15, 0.2) is 0 Å². The molecule has 17 heavy (non-hydrogen) atoms. The van der Waals surface area contributed by atoms with Crippen molar-refractivity contribution in [3.63, 3.8) is 0 Å². The maximum absolute atomic E-state index is 11.7. The third-order valence-corrected chi connectivity index (χ3v) is 5.00. The van der Waals surface area contributed by atoms with Gasteiger partial charge < -0.3 is 5.32 Å². The van der Waals surface area contributed by atoms with E-state index in [1.165, 1.54) is 6.07 Å². The molecule has 0 bridgehead atoms. The van der Waals surface area contributed by atoms with Crippen LogP contribution in [0.25, 0.3) is 0 Å². The summed E-state index contributed by atoms with van der Waals surface area (Å²) in [5.74, 6) is -0.320. The van der Waals surface area contributed by atoms with E-state index in [4.69, 9.17) is 0 Å². The highest BCUT2D eigenvalue weighted by Crippen LogP contribution is 2.14. The minimum Gasteiger partial charge on any atom is -0.353 e. The Hall–Kier alpha value is -0.920. The van der Waals surface area contributed by atoms with Gasteiger partial charge >= 0.3 is 0 Å². The van der Waals surface area contributed by atoms with Crippen molar-refractivity contribution in [3.05, 3.63) is 17.5 Å². The molecule has 7 heteroatoms. The molecule has 2 N–H and O–H groups in total. The molecule has 0 radical (unpaired) electrons. The van der Waals surface area contributed by atoms with Crippen molar-refractivity contribution >= 4 is 27.3 Å². The first-order chi connectivity index (χ1) is 7.95. The first kappa shape index (κ1) is 14.1. The molecule has 0 aliphatic carbocycles. The maximum Gasteiger partial charge on any atom is 0.250 e. The number of amides is 1. The summed E-state index contributed by atoms with van der Waals surface area (Å²) in [6, 6.07) is 3.20. The smallest absolute Gasteiger partial charge is 0.250 e. The van der Waals surface area contributed by atoms with Gasteiger partial charge in [-0.2, -0.15) is 0 Å². The van der Waals surface area contributed by atoms with Crippen molar-refractivity contribution in [2.45, 2.75) is 30.5 Å². The van der Waals surface area contributed by atoms with Crippen LogP contribution in [0.1, 0.15) is 20.3 Å². The number of nitrogens with one attached hydrogen (secondary N) is 2. The minimum atomic E-state index is -3.55. The highest BCUT2D eigenvalue weighted by atomic mass is 32.2. The molecule has 1 amide bonds. The number of thiophene rings is 1. The molecule has 5 nitrogen and oxygen atoms in total. The number of hydrogen-bond donors (Lipinski definition) is 2. The van der Waals surface area contributed by atoms with Crippen LogP contribution in [0.2, 0.25) is 0 Å². The molecule has 0 aromatic carbocycles. The van der Waals surface area contributed by atoms with Gasteiger partial charge in [-0.05, 0) is 24.8 Å². The Kier molecular flexibility index (Phi) is 5.10. The van der Waals surface area contributed by atoms with Crippen molar-refractivity contribution in [2.24, 2.45) is 0 Å². The van der Waals surface area contributed by atoms with Crippen LogP contribution < -0.4 is 10.0 Å². The molecule has 0 aliphatic heterocycles. The van der Waals surface area contributed by atoms with Crippen LogP contribution in [0.5, 0.6) is 0 Å². The molecule has 0 aliphatic rings. The fraction of sp³-hybridized carbons (Fsp3) is 0.500. The lowest BCUT2D eigenvalue weighted by atomic mass is 10.2. The summed E-state index contributed by atoms with van der Waals surface area (Å²) < 4.78 is 25.8. The summed E-state index contributed by atoms with van der Waals surface area (Å²) >= 11 is 1.12. The van der Waals surface area contributed by atoms with Gasteiger partial charge in [-0.15, -0.1) is 11.3 Å². The zero-order valence-corrected chi connectivity index (χ0v) is 11.4. The van der Waals surface area contributed by atoms with Crippen LogP contribution in [-0.2, 0) is 14.8 Å². The summed E-state index contributed by atoms with van der Waals surface area (Å²) in [5, 5.41) is 4.36. The van der Waals surface area contributed by atoms with Gasteiger partial charge in [0.25, 0.3) is 10.0 Å². The second-order valence-corrected chi connectivity index (χ2v) is 6.57. The second kappa shape index (κ2) is 6.13. The average molecular weight is 276 g/mol. The molecule has 1 unspecified atom stereocenters. The van der Waals surface area contributed by atoms with E-state index in [0.717, 1.165) is 17.8 Å². The molecule has 1 atom stereocenters. The molecule has 1 aromatic rings. The van der Waals surface area contributed by atoms with E-state index in [1.807, 2.05) is 13.8 Å². The summed E-state index contributed by atoms with van der Waals surface area (Å²) in [6.45, 7) is 3.58. The number of sulfonamides is 1. The van der Waals surface area contributed by atoms with Gasteiger partial charge in [-0.25, -0.2) is 13.1 Å². The van der Waals surface area contributed by atoms with Crippen molar-refractivity contribution in [2.75, 3.05) is 6.54 Å². The summed E-state index contributed by atoms with van der Waals surface area (Å²) in [6.07, 6.45) is 0.809. The zero-order valence-electron chi connectivity index (χ0n) is 9.76. The Balaban J connectivity index is 2.49. The molecule has 1 rings (SSSR count). The Morgan fingerprint density at radius 3 is 2.76 bits per heavy atom. The van der Waals surface area contributed by atoms with E-state index in [9.17, 15) is 13.2 Å². The van der Waals surface area contributed by atoms with E-state index < -0.39 is 10.0 Å². The quantitative estimate of drug-likeness (QED) is 0.812. The lowest BCUT2D eigenvalue weighted by Crippen LogP contribution is -2.40. The average Bonchev–Trinajstić information content (AvgIpc) is 2.80. The highest BCUT2D eigenvalue weighted by Gasteiger charge is 2.16. The van der Waals surface area contributed by atoms with Crippen molar-refractivity contribution in [1.82, 2.24) is 10.0 Å². The summed E-state index contributed by atoms with van der Waals surface area (Å²) in [5.41, 5.74) is 0. The van der Waals surface area contributed by atoms with E-state index in [0.29, 0.717) is 0 Å². The predicted octanol–water partition coefficient (Wildman–Crippen LogP) is 0.941. The van der Waals surface area contributed by atoms with Crippen molar-refractivity contribution in [3.8, 4) is 0 Å². The third kappa shape index (κ3) is 4.45. The fourth-order valence-electron chi connectivity index (χ4n) is 1.08. The molecule has 0 saturated heterocycles. The molecular formula is C10H16N2O3S2. The lowest BCUT2D eigenvalue weighted by molar-refractivity contribution is -0.120. The van der Waals surface area contributed by atoms with Crippen molar-refractivity contribution < 1.29 is 13.2 Å². The van der Waals surface area contributed by atoms with Crippen LogP contribution >= 0.6 is 11.3 Å². The molecule has 1 aromatic heterocycles. The van der Waals surface area contributed by atoms with Crippen LogP contribution in [0.15, 0.2) is 21.7 Å². The SMILES string of the molecule is CCC(C)NC(=O)CNS(=O)(=O)c1cccs1. The van der Waals surface area contributed by atoms with Gasteiger partial charge in [0.2, 0.25) is 5.91 Å². The topological polar surface area (TPSA) is 75.3 Å². The normalized spacial score (nSPS) is 13.3. The van der Waals surface area contributed by atoms with Gasteiger partial charge in [0, 0.05) is 6.04 Å². The summed E-state index contributed by atoms with van der Waals surface area (Å²) in [4.78, 5) is 11.4. The second-order valence-electron chi connectivity index (χ2n) is 3.63. The number of carbonyl (C=O) groups is 1. The Morgan fingerprint density at radius 2 is 2.24 bits per heavy atom. The molecule has 96 valence electrons. The molecule has 1 heterocycles. The van der Waals surface area contributed by atoms with E-state index >= 15 is 0 Å². The van der Waals surface area contributed by atoms with E-state index in [2.05, 4.69) is 10.0 Å². The minimum absolute atomic E-state index is 0.0498. The zero-order chi connectivity index (χ0) is 12.9. The standard InChI is InChI=1S/C10H16N2O3S2/c1-3-8(2)12-9(13)7-11-17(14,15)10-5-4-6-16-10/h4-6,8,11H,3,7H2,1-2H3,(H,12,13). The largest absolute Gasteiger partial charge is 0.353 e. The van der Waals surface area contributed by atoms with Crippen LogP contribution in [0, 0.1) is 0 Å². The Morgan fingerprint density at radius 1 is 1.53 bits per heavy atom. The number of hydrogen-bond acceptors (Lipinski definition) is 4. The van der Waals surface area contributed by atoms with Crippen LogP contribution in [0.4, 0.5) is 0 Å². The fourth-order valence-corrected chi connectivity index (χ4v) is 3.10.